The van der Waals surface area contributed by atoms with Crippen LogP contribution in [0.5, 0.6) is 0 Å². The van der Waals surface area contributed by atoms with Crippen LogP contribution in [-0.4, -0.2) is 48.8 Å². The van der Waals surface area contributed by atoms with E-state index in [-0.39, 0.29) is 0 Å². The van der Waals surface area contributed by atoms with Gasteiger partial charge in [0, 0.05) is 44.3 Å². The highest BCUT2D eigenvalue weighted by Gasteiger charge is 2.07. The zero-order chi connectivity index (χ0) is 19.3. The molecule has 3 N–H and O–H groups in total. The molecular formula is C21H31N5O. The van der Waals surface area contributed by atoms with Crippen molar-refractivity contribution in [3.63, 3.8) is 0 Å². The Hall–Kier alpha value is -2.60. The van der Waals surface area contributed by atoms with E-state index >= 15 is 0 Å². The van der Waals surface area contributed by atoms with Crippen molar-refractivity contribution in [1.82, 2.24) is 15.6 Å². The van der Waals surface area contributed by atoms with E-state index in [9.17, 15) is 5.11 Å². The second kappa shape index (κ2) is 11.9. The van der Waals surface area contributed by atoms with E-state index in [1.54, 1.807) is 12.4 Å². The second-order valence-corrected chi connectivity index (χ2v) is 6.21. The number of aromatic nitrogens is 1. The molecule has 27 heavy (non-hydrogen) atoms. The fourth-order valence-corrected chi connectivity index (χ4v) is 2.80. The van der Waals surface area contributed by atoms with Gasteiger partial charge in [0.25, 0.3) is 0 Å². The second-order valence-electron chi connectivity index (χ2n) is 6.21. The van der Waals surface area contributed by atoms with Crippen LogP contribution < -0.4 is 15.5 Å². The van der Waals surface area contributed by atoms with Crippen LogP contribution in [0.15, 0.2) is 59.9 Å². The maximum absolute atomic E-state index is 10.2. The highest BCUT2D eigenvalue weighted by molar-refractivity contribution is 5.79. The predicted molar refractivity (Wildman–Crippen MR) is 112 cm³/mol. The van der Waals surface area contributed by atoms with Crippen LogP contribution in [0, 0.1) is 0 Å². The number of guanidine groups is 1. The van der Waals surface area contributed by atoms with E-state index in [4.69, 9.17) is 0 Å². The van der Waals surface area contributed by atoms with Crippen molar-refractivity contribution >= 4 is 11.6 Å². The lowest BCUT2D eigenvalue weighted by Gasteiger charge is -2.23. The van der Waals surface area contributed by atoms with Gasteiger partial charge < -0.3 is 20.6 Å². The van der Waals surface area contributed by atoms with Crippen LogP contribution in [0.3, 0.4) is 0 Å². The van der Waals surface area contributed by atoms with Crippen molar-refractivity contribution < 1.29 is 5.11 Å². The number of rotatable bonds is 10. The minimum Gasteiger partial charge on any atom is -0.386 e. The Morgan fingerprint density at radius 1 is 1.11 bits per heavy atom. The van der Waals surface area contributed by atoms with E-state index in [1.165, 1.54) is 5.69 Å². The Labute approximate surface area is 162 Å². The average molecular weight is 370 g/mol. The van der Waals surface area contributed by atoms with Gasteiger partial charge >= 0.3 is 0 Å². The third-order valence-corrected chi connectivity index (χ3v) is 4.26. The lowest BCUT2D eigenvalue weighted by molar-refractivity contribution is 0.187. The highest BCUT2D eigenvalue weighted by atomic mass is 16.3. The first-order valence-electron chi connectivity index (χ1n) is 9.64. The molecule has 1 aromatic carbocycles. The molecule has 0 saturated heterocycles. The van der Waals surface area contributed by atoms with Gasteiger partial charge in [-0.15, -0.1) is 0 Å². The van der Waals surface area contributed by atoms with Crippen LogP contribution in [0.25, 0.3) is 0 Å². The molecule has 0 aliphatic heterocycles. The van der Waals surface area contributed by atoms with Crippen LogP contribution in [-0.2, 0) is 0 Å². The predicted octanol–water partition coefficient (Wildman–Crippen LogP) is 2.59. The maximum Gasteiger partial charge on any atom is 0.191 e. The van der Waals surface area contributed by atoms with Crippen LogP contribution >= 0.6 is 0 Å². The molecular weight excluding hydrogens is 338 g/mol. The van der Waals surface area contributed by atoms with Crippen molar-refractivity contribution in [3.05, 3.63) is 60.4 Å². The van der Waals surface area contributed by atoms with Crippen LogP contribution in [0.4, 0.5) is 5.69 Å². The van der Waals surface area contributed by atoms with Crippen molar-refractivity contribution in [3.8, 4) is 0 Å². The summed E-state index contributed by atoms with van der Waals surface area (Å²) in [4.78, 5) is 10.8. The molecule has 1 heterocycles. The van der Waals surface area contributed by atoms with Gasteiger partial charge in [0.1, 0.15) is 0 Å². The molecule has 0 fully saturated rings. The fourth-order valence-electron chi connectivity index (χ4n) is 2.80. The molecule has 1 aromatic heterocycles. The molecule has 0 bridgehead atoms. The number of hydrogen-bond acceptors (Lipinski definition) is 4. The molecule has 0 spiro atoms. The number of hydrogen-bond donors (Lipinski definition) is 3. The average Bonchev–Trinajstić information content (AvgIpc) is 2.73. The quantitative estimate of drug-likeness (QED) is 0.341. The number of aliphatic hydroxyl groups is 1. The topological polar surface area (TPSA) is 72.8 Å². The van der Waals surface area contributed by atoms with E-state index in [1.807, 2.05) is 25.1 Å². The lowest BCUT2D eigenvalue weighted by atomic mass is 10.1. The summed E-state index contributed by atoms with van der Waals surface area (Å²) in [6.07, 6.45) is 3.73. The summed E-state index contributed by atoms with van der Waals surface area (Å²) >= 11 is 0. The zero-order valence-electron chi connectivity index (χ0n) is 16.3. The van der Waals surface area contributed by atoms with Gasteiger partial charge in [0.15, 0.2) is 5.96 Å². The summed E-state index contributed by atoms with van der Waals surface area (Å²) in [5.41, 5.74) is 2.08. The maximum atomic E-state index is 10.2. The zero-order valence-corrected chi connectivity index (χ0v) is 16.3. The largest absolute Gasteiger partial charge is 0.386 e. The smallest absolute Gasteiger partial charge is 0.191 e. The molecule has 2 aromatic rings. The van der Waals surface area contributed by atoms with Gasteiger partial charge in [0.05, 0.1) is 12.6 Å². The van der Waals surface area contributed by atoms with Gasteiger partial charge in [-0.3, -0.25) is 9.98 Å². The summed E-state index contributed by atoms with van der Waals surface area (Å²) < 4.78 is 0. The van der Waals surface area contributed by atoms with Gasteiger partial charge in [-0.05, 0) is 50.1 Å². The molecule has 6 heteroatoms. The molecule has 0 radical (unpaired) electrons. The molecule has 0 amide bonds. The monoisotopic (exact) mass is 369 g/mol. The molecule has 146 valence electrons. The molecule has 6 nitrogen and oxygen atoms in total. The molecule has 2 rings (SSSR count). The number of nitrogens with one attached hydrogen (secondary N) is 2. The van der Waals surface area contributed by atoms with Gasteiger partial charge in [-0.1, -0.05) is 18.2 Å². The fraction of sp³-hybridized carbons (Fsp3) is 0.429. The molecule has 1 unspecified atom stereocenters. The standard InChI is InChI=1S/C21H31N5O/c1-3-23-21(25-17-20(27)18-11-14-22-15-12-18)24-13-8-16-26(4-2)19-9-6-5-7-10-19/h5-7,9-12,14-15,20,27H,3-4,8,13,16-17H2,1-2H3,(H2,23,24,25). The van der Waals surface area contributed by atoms with Gasteiger partial charge in [-0.2, -0.15) is 0 Å². The van der Waals surface area contributed by atoms with Crippen molar-refractivity contribution in [2.45, 2.75) is 26.4 Å². The first-order valence-corrected chi connectivity index (χ1v) is 9.64. The number of aliphatic hydroxyl groups excluding tert-OH is 1. The van der Waals surface area contributed by atoms with Gasteiger partial charge in [0.2, 0.25) is 0 Å². The first-order chi connectivity index (χ1) is 13.2. The number of anilines is 1. The summed E-state index contributed by atoms with van der Waals surface area (Å²) in [6, 6.07) is 14.1. The third kappa shape index (κ3) is 7.27. The number of para-hydroxylation sites is 1. The third-order valence-electron chi connectivity index (χ3n) is 4.26. The Morgan fingerprint density at radius 2 is 1.85 bits per heavy atom. The van der Waals surface area contributed by atoms with E-state index in [0.29, 0.717) is 6.54 Å². The van der Waals surface area contributed by atoms with Crippen molar-refractivity contribution in [1.29, 1.82) is 0 Å². The van der Waals surface area contributed by atoms with Gasteiger partial charge in [-0.25, -0.2) is 0 Å². The normalized spacial score (nSPS) is 12.5. The number of nitrogens with zero attached hydrogens (tertiary/aromatic N) is 3. The van der Waals surface area contributed by atoms with Crippen LogP contribution in [0.1, 0.15) is 31.9 Å². The van der Waals surface area contributed by atoms with Crippen LogP contribution in [0.2, 0.25) is 0 Å². The Kier molecular flexibility index (Phi) is 9.13. The number of pyridine rings is 1. The Bertz CT molecular complexity index is 663. The van der Waals surface area contributed by atoms with E-state index in [0.717, 1.165) is 44.1 Å². The summed E-state index contributed by atoms with van der Waals surface area (Å²) in [7, 11) is 0. The molecule has 0 aliphatic carbocycles. The van der Waals surface area contributed by atoms with Crippen molar-refractivity contribution in [2.24, 2.45) is 4.99 Å². The number of aliphatic imine (C=N–C) groups is 1. The highest BCUT2D eigenvalue weighted by Crippen LogP contribution is 2.13. The van der Waals surface area contributed by atoms with E-state index in [2.05, 4.69) is 56.7 Å². The van der Waals surface area contributed by atoms with Crippen molar-refractivity contribution in [2.75, 3.05) is 37.6 Å². The minimum atomic E-state index is -0.628. The molecule has 0 saturated carbocycles. The summed E-state index contributed by atoms with van der Waals surface area (Å²) in [6.45, 7) is 8.08. The molecule has 0 aliphatic rings. The first kappa shape index (κ1) is 20.7. The Balaban J connectivity index is 1.79. The van der Waals surface area contributed by atoms with E-state index < -0.39 is 6.10 Å². The Morgan fingerprint density at radius 3 is 2.52 bits per heavy atom. The summed E-state index contributed by atoms with van der Waals surface area (Å²) in [5.74, 6) is 0.730. The lowest BCUT2D eigenvalue weighted by Crippen LogP contribution is -2.39. The summed E-state index contributed by atoms with van der Waals surface area (Å²) in [5, 5.41) is 16.8. The SMILES string of the molecule is CCNC(=NCC(O)c1ccncc1)NCCCN(CC)c1ccccc1. The molecule has 1 atom stereocenters. The minimum absolute atomic E-state index is 0.310. The number of benzene rings is 1.